The van der Waals surface area contributed by atoms with Crippen molar-refractivity contribution < 1.29 is 14.3 Å². The Labute approximate surface area is 156 Å². The largest absolute Gasteiger partial charge is 0.484 e. The van der Waals surface area contributed by atoms with Crippen molar-refractivity contribution in [3.63, 3.8) is 0 Å². The van der Waals surface area contributed by atoms with Gasteiger partial charge in [-0.05, 0) is 37.1 Å². The van der Waals surface area contributed by atoms with Gasteiger partial charge in [-0.25, -0.2) is 4.98 Å². The number of rotatable bonds is 6. The Kier molecular flexibility index (Phi) is 5.13. The van der Waals surface area contributed by atoms with Gasteiger partial charge in [0.25, 0.3) is 5.91 Å². The van der Waals surface area contributed by atoms with Crippen molar-refractivity contribution in [1.82, 2.24) is 4.98 Å². The van der Waals surface area contributed by atoms with Gasteiger partial charge in [-0.2, -0.15) is 0 Å². The molecule has 0 aliphatic carbocycles. The van der Waals surface area contributed by atoms with Gasteiger partial charge in [0, 0.05) is 6.61 Å². The van der Waals surface area contributed by atoms with Crippen molar-refractivity contribution in [3.8, 4) is 5.75 Å². The number of ether oxygens (including phenoxy) is 2. The Bertz CT molecular complexity index is 842. The number of nitrogens with zero attached hydrogens (tertiary/aromatic N) is 2. The lowest BCUT2D eigenvalue weighted by molar-refractivity contribution is -0.120. The molecule has 26 heavy (non-hydrogen) atoms. The number of hydrogen-bond donors (Lipinski definition) is 0. The van der Waals surface area contributed by atoms with Crippen LogP contribution in [0, 0.1) is 0 Å². The van der Waals surface area contributed by atoms with E-state index in [2.05, 4.69) is 4.98 Å². The summed E-state index contributed by atoms with van der Waals surface area (Å²) in [6.07, 6.45) is 2.06. The van der Waals surface area contributed by atoms with Crippen molar-refractivity contribution in [2.75, 3.05) is 24.7 Å². The number of carbonyl (C=O) groups is 1. The predicted molar refractivity (Wildman–Crippen MR) is 103 cm³/mol. The standard InChI is InChI=1S/C20H20N2O3S/c23-19(14-25-15-7-2-1-3-8-15)22(13-16-9-6-12-24-16)20-21-17-10-4-5-11-18(17)26-20/h1-5,7-8,10-11,16H,6,9,12-14H2/t16-/m0/s1. The van der Waals surface area contributed by atoms with E-state index in [9.17, 15) is 4.79 Å². The fourth-order valence-corrected chi connectivity index (χ4v) is 3.99. The molecule has 0 bridgehead atoms. The van der Waals surface area contributed by atoms with Gasteiger partial charge in [0.15, 0.2) is 11.7 Å². The molecule has 1 fully saturated rings. The predicted octanol–water partition coefficient (Wildman–Crippen LogP) is 3.89. The van der Waals surface area contributed by atoms with Crippen molar-refractivity contribution in [3.05, 3.63) is 54.6 Å². The molecule has 1 atom stereocenters. The molecule has 2 heterocycles. The summed E-state index contributed by atoms with van der Waals surface area (Å²) in [7, 11) is 0. The number of anilines is 1. The van der Waals surface area contributed by atoms with Gasteiger partial charge in [0.2, 0.25) is 0 Å². The molecule has 4 rings (SSSR count). The Morgan fingerprint density at radius 2 is 2.00 bits per heavy atom. The van der Waals surface area contributed by atoms with Crippen LogP contribution >= 0.6 is 11.3 Å². The minimum atomic E-state index is -0.108. The fourth-order valence-electron chi connectivity index (χ4n) is 2.99. The number of para-hydroxylation sites is 2. The number of fused-ring (bicyclic) bond motifs is 1. The van der Waals surface area contributed by atoms with Crippen LogP contribution in [0.25, 0.3) is 10.2 Å². The van der Waals surface area contributed by atoms with E-state index < -0.39 is 0 Å². The van der Waals surface area contributed by atoms with E-state index in [-0.39, 0.29) is 18.6 Å². The van der Waals surface area contributed by atoms with E-state index in [1.807, 2.05) is 54.6 Å². The van der Waals surface area contributed by atoms with E-state index in [0.717, 1.165) is 29.7 Å². The van der Waals surface area contributed by atoms with Crippen LogP contribution in [0.4, 0.5) is 5.13 Å². The zero-order chi connectivity index (χ0) is 17.8. The van der Waals surface area contributed by atoms with Crippen LogP contribution in [0.2, 0.25) is 0 Å². The van der Waals surface area contributed by atoms with Crippen LogP contribution in [-0.4, -0.2) is 36.8 Å². The van der Waals surface area contributed by atoms with Gasteiger partial charge in [-0.1, -0.05) is 41.7 Å². The van der Waals surface area contributed by atoms with E-state index in [4.69, 9.17) is 9.47 Å². The second-order valence-corrected chi connectivity index (χ2v) is 7.21. The van der Waals surface area contributed by atoms with Gasteiger partial charge in [-0.3, -0.25) is 9.69 Å². The number of benzene rings is 2. The highest BCUT2D eigenvalue weighted by molar-refractivity contribution is 7.22. The summed E-state index contributed by atoms with van der Waals surface area (Å²) < 4.78 is 12.5. The summed E-state index contributed by atoms with van der Waals surface area (Å²) in [5.41, 5.74) is 0.904. The highest BCUT2D eigenvalue weighted by Gasteiger charge is 2.26. The van der Waals surface area contributed by atoms with Crippen molar-refractivity contribution in [2.24, 2.45) is 0 Å². The molecule has 0 unspecified atom stereocenters. The molecule has 6 heteroatoms. The summed E-state index contributed by atoms with van der Waals surface area (Å²) in [6, 6.07) is 17.3. The molecule has 1 aromatic heterocycles. The molecule has 1 amide bonds. The first-order valence-electron chi connectivity index (χ1n) is 8.75. The molecule has 1 saturated heterocycles. The molecule has 3 aromatic rings. The minimum Gasteiger partial charge on any atom is -0.484 e. The first-order chi connectivity index (χ1) is 12.8. The molecule has 2 aromatic carbocycles. The van der Waals surface area contributed by atoms with E-state index in [1.54, 1.807) is 4.90 Å². The van der Waals surface area contributed by atoms with Gasteiger partial charge in [0.05, 0.1) is 22.9 Å². The van der Waals surface area contributed by atoms with Crippen LogP contribution in [0.3, 0.4) is 0 Å². The van der Waals surface area contributed by atoms with E-state index in [1.165, 1.54) is 11.3 Å². The zero-order valence-electron chi connectivity index (χ0n) is 14.3. The third kappa shape index (κ3) is 3.86. The lowest BCUT2D eigenvalue weighted by Crippen LogP contribution is -2.40. The number of thiazole rings is 1. The molecular weight excluding hydrogens is 348 g/mol. The van der Waals surface area contributed by atoms with Gasteiger partial charge >= 0.3 is 0 Å². The number of hydrogen-bond acceptors (Lipinski definition) is 5. The second kappa shape index (κ2) is 7.85. The normalized spacial score (nSPS) is 16.7. The van der Waals surface area contributed by atoms with Crippen molar-refractivity contribution in [2.45, 2.75) is 18.9 Å². The summed E-state index contributed by atoms with van der Waals surface area (Å²) in [5.74, 6) is 0.575. The minimum absolute atomic E-state index is 0.0212. The molecule has 0 spiro atoms. The zero-order valence-corrected chi connectivity index (χ0v) is 15.2. The number of carbonyl (C=O) groups excluding carboxylic acids is 1. The molecule has 0 saturated carbocycles. The lowest BCUT2D eigenvalue weighted by atomic mass is 10.2. The van der Waals surface area contributed by atoms with Gasteiger partial charge < -0.3 is 9.47 Å². The maximum Gasteiger partial charge on any atom is 0.266 e. The van der Waals surface area contributed by atoms with Crippen molar-refractivity contribution in [1.29, 1.82) is 0 Å². The topological polar surface area (TPSA) is 51.7 Å². The molecule has 134 valence electrons. The smallest absolute Gasteiger partial charge is 0.266 e. The average Bonchev–Trinajstić information content (AvgIpc) is 3.34. The fraction of sp³-hybridized carbons (Fsp3) is 0.300. The van der Waals surface area contributed by atoms with Crippen LogP contribution in [0.1, 0.15) is 12.8 Å². The van der Waals surface area contributed by atoms with Crippen molar-refractivity contribution >= 4 is 32.6 Å². The molecule has 1 aliphatic heterocycles. The number of amides is 1. The Morgan fingerprint density at radius 1 is 1.19 bits per heavy atom. The van der Waals surface area contributed by atoms with Gasteiger partial charge in [-0.15, -0.1) is 0 Å². The maximum atomic E-state index is 12.9. The van der Waals surface area contributed by atoms with E-state index in [0.29, 0.717) is 17.4 Å². The molecule has 0 N–H and O–H groups in total. The second-order valence-electron chi connectivity index (χ2n) is 6.21. The van der Waals surface area contributed by atoms with Crippen LogP contribution in [-0.2, 0) is 9.53 Å². The summed E-state index contributed by atoms with van der Waals surface area (Å²) >= 11 is 1.52. The van der Waals surface area contributed by atoms with E-state index >= 15 is 0 Å². The third-order valence-corrected chi connectivity index (χ3v) is 5.39. The van der Waals surface area contributed by atoms with Crippen LogP contribution < -0.4 is 9.64 Å². The molecule has 5 nitrogen and oxygen atoms in total. The Hall–Kier alpha value is -2.44. The molecular formula is C20H20N2O3S. The quantitative estimate of drug-likeness (QED) is 0.662. The monoisotopic (exact) mass is 368 g/mol. The summed E-state index contributed by atoms with van der Waals surface area (Å²) in [6.45, 7) is 1.25. The highest BCUT2D eigenvalue weighted by atomic mass is 32.1. The summed E-state index contributed by atoms with van der Waals surface area (Å²) in [5, 5.41) is 0.698. The van der Waals surface area contributed by atoms with Crippen LogP contribution in [0.15, 0.2) is 54.6 Å². The highest BCUT2D eigenvalue weighted by Crippen LogP contribution is 2.30. The summed E-state index contributed by atoms with van der Waals surface area (Å²) in [4.78, 5) is 19.2. The Balaban J connectivity index is 1.54. The first kappa shape index (κ1) is 17.0. The molecule has 0 radical (unpaired) electrons. The first-order valence-corrected chi connectivity index (χ1v) is 9.56. The lowest BCUT2D eigenvalue weighted by Gasteiger charge is -2.23. The third-order valence-electron chi connectivity index (χ3n) is 4.33. The number of aromatic nitrogens is 1. The maximum absolute atomic E-state index is 12.9. The average molecular weight is 368 g/mol. The van der Waals surface area contributed by atoms with Crippen LogP contribution in [0.5, 0.6) is 5.75 Å². The van der Waals surface area contributed by atoms with Gasteiger partial charge in [0.1, 0.15) is 5.75 Å². The Morgan fingerprint density at radius 3 is 2.77 bits per heavy atom. The molecule has 1 aliphatic rings. The SMILES string of the molecule is O=C(COc1ccccc1)N(C[C@@H]1CCCO1)c1nc2ccccc2s1.